The van der Waals surface area contributed by atoms with Gasteiger partial charge in [0.05, 0.1) is 37.5 Å². The Morgan fingerprint density at radius 2 is 1.90 bits per heavy atom. The van der Waals surface area contributed by atoms with Crippen LogP contribution in [0.4, 0.5) is 14.7 Å². The van der Waals surface area contributed by atoms with E-state index in [9.17, 15) is 29.1 Å². The number of carbonyl (C=O) groups is 5. The van der Waals surface area contributed by atoms with Crippen molar-refractivity contribution in [1.29, 1.82) is 0 Å². The number of anilines is 1. The number of aromatic nitrogens is 1. The van der Waals surface area contributed by atoms with Crippen molar-refractivity contribution >= 4 is 63.9 Å². The third-order valence-corrected chi connectivity index (χ3v) is 8.03. The van der Waals surface area contributed by atoms with Gasteiger partial charge in [0.2, 0.25) is 0 Å². The summed E-state index contributed by atoms with van der Waals surface area (Å²) in [4.78, 5) is 73.9. The SMILES string of the molecule is CCOC(=O)N1CC=CC(C2=C(C(=O)[O-])N3C(=O)[C@@H](NC(=O)/C(=N\OC)c4csc(N)n4)[C@H]3SC2)N1C(=O)OCC.[Na+]. The molecule has 1 aromatic heterocycles. The number of hydrazine groups is 1. The number of carboxylic acids is 1. The van der Waals surface area contributed by atoms with E-state index < -0.39 is 53.1 Å². The van der Waals surface area contributed by atoms with Crippen LogP contribution >= 0.6 is 23.1 Å². The maximum Gasteiger partial charge on any atom is 1.00 e. The molecule has 0 aromatic carbocycles. The molecule has 3 aliphatic rings. The van der Waals surface area contributed by atoms with Crippen molar-refractivity contribution in [2.24, 2.45) is 5.16 Å². The number of amides is 4. The Labute approximate surface area is 270 Å². The standard InChI is InChI=1S/C23H27N7O9S2.Na/c1-4-38-22(35)28-8-6-7-13(30(28)23(36)39-5-2)11-9-40-19-15(18(32)29(19)16(11)20(33)34)26-17(31)14(27-37-3)12-10-41-21(24)25-12;/h6-7,10,13,15,19H,4-5,8-9H2,1-3H3,(H2,24,25)(H,26,31)(H,33,34);/q;+1/p-1/b27-14-;/t13?,15-,19-;/m1./s1. The number of nitrogen functional groups attached to an aromatic ring is 1. The van der Waals surface area contributed by atoms with Crippen molar-refractivity contribution in [1.82, 2.24) is 25.2 Å². The van der Waals surface area contributed by atoms with E-state index in [1.165, 1.54) is 18.6 Å². The Morgan fingerprint density at radius 3 is 2.50 bits per heavy atom. The molecule has 4 heterocycles. The number of oxime groups is 1. The van der Waals surface area contributed by atoms with E-state index in [-0.39, 0.29) is 77.2 Å². The molecule has 19 heteroatoms. The number of aliphatic carboxylic acids is 1. The van der Waals surface area contributed by atoms with Crippen LogP contribution in [0.1, 0.15) is 19.5 Å². The number of ether oxygens (including phenoxy) is 2. The van der Waals surface area contributed by atoms with Gasteiger partial charge in [0.25, 0.3) is 11.8 Å². The number of hydrogen-bond donors (Lipinski definition) is 2. The van der Waals surface area contributed by atoms with E-state index in [0.717, 1.165) is 38.0 Å². The van der Waals surface area contributed by atoms with Crippen molar-refractivity contribution in [2.75, 3.05) is 38.4 Å². The maximum atomic E-state index is 13.2. The second kappa shape index (κ2) is 14.2. The molecule has 0 bridgehead atoms. The number of fused-ring (bicyclic) bond motifs is 1. The fraction of sp³-hybridized carbons (Fsp3) is 0.435. The molecule has 3 aliphatic heterocycles. The molecular formula is C23H26N7NaO9S2. The molecule has 1 saturated heterocycles. The predicted octanol–water partition coefficient (Wildman–Crippen LogP) is -3.75. The minimum atomic E-state index is -1.67. The number of hydrogen-bond acceptors (Lipinski definition) is 14. The molecule has 1 fully saturated rings. The third-order valence-electron chi connectivity index (χ3n) is 6.05. The smallest absolute Gasteiger partial charge is 0.543 e. The van der Waals surface area contributed by atoms with E-state index in [0.29, 0.717) is 0 Å². The number of nitrogens with one attached hydrogen (secondary N) is 1. The van der Waals surface area contributed by atoms with Gasteiger partial charge in [-0.25, -0.2) is 24.6 Å². The summed E-state index contributed by atoms with van der Waals surface area (Å²) in [6.07, 6.45) is 1.34. The summed E-state index contributed by atoms with van der Waals surface area (Å²) >= 11 is 2.23. The quantitative estimate of drug-likeness (QED) is 0.0933. The van der Waals surface area contributed by atoms with Crippen LogP contribution in [0.5, 0.6) is 0 Å². The zero-order chi connectivity index (χ0) is 29.8. The van der Waals surface area contributed by atoms with Crippen LogP contribution in [-0.2, 0) is 28.7 Å². The number of β-lactam (4-membered cyclic amide) rings is 1. The third kappa shape index (κ3) is 6.36. The van der Waals surface area contributed by atoms with Gasteiger partial charge in [0.1, 0.15) is 24.2 Å². The molecule has 3 atom stereocenters. The Hall–Kier alpha value is -3.32. The summed E-state index contributed by atoms with van der Waals surface area (Å²) in [5.41, 5.74) is 5.20. The summed E-state index contributed by atoms with van der Waals surface area (Å²) in [6, 6.07) is -2.22. The first-order valence-corrected chi connectivity index (χ1v) is 14.2. The van der Waals surface area contributed by atoms with Gasteiger partial charge in [-0.15, -0.1) is 23.1 Å². The minimum Gasteiger partial charge on any atom is -0.543 e. The van der Waals surface area contributed by atoms with Crippen molar-refractivity contribution in [3.05, 3.63) is 34.5 Å². The Kier molecular flexibility index (Phi) is 11.2. The van der Waals surface area contributed by atoms with Gasteiger partial charge >= 0.3 is 41.7 Å². The molecule has 3 N–H and O–H groups in total. The Balaban J connectivity index is 0.00000484. The topological polar surface area (TPSA) is 209 Å². The van der Waals surface area contributed by atoms with Crippen molar-refractivity contribution in [3.8, 4) is 0 Å². The number of nitrogens with zero attached hydrogens (tertiary/aromatic N) is 5. The van der Waals surface area contributed by atoms with Crippen LogP contribution in [0.25, 0.3) is 0 Å². The molecular weight excluding hydrogens is 605 g/mol. The fourth-order valence-corrected chi connectivity index (χ4v) is 6.34. The summed E-state index contributed by atoms with van der Waals surface area (Å²) in [5.74, 6) is -3.18. The average molecular weight is 632 g/mol. The molecule has 220 valence electrons. The van der Waals surface area contributed by atoms with Crippen molar-refractivity contribution in [2.45, 2.75) is 31.3 Å². The first-order valence-electron chi connectivity index (χ1n) is 12.2. The second-order valence-corrected chi connectivity index (χ2v) is 10.4. The van der Waals surface area contributed by atoms with Crippen LogP contribution in [0.15, 0.2) is 34.0 Å². The molecule has 0 aliphatic carbocycles. The molecule has 42 heavy (non-hydrogen) atoms. The normalized spacial score (nSPS) is 21.6. The number of rotatable bonds is 8. The number of carboxylic acid groups (broad SMARTS) is 1. The molecule has 1 aromatic rings. The summed E-state index contributed by atoms with van der Waals surface area (Å²) in [7, 11) is 1.23. The zero-order valence-corrected chi connectivity index (χ0v) is 26.7. The van der Waals surface area contributed by atoms with Crippen LogP contribution in [-0.4, -0.2) is 106 Å². The number of carbonyl (C=O) groups excluding carboxylic acids is 5. The van der Waals surface area contributed by atoms with E-state index >= 15 is 0 Å². The van der Waals surface area contributed by atoms with Gasteiger partial charge in [-0.1, -0.05) is 17.3 Å². The molecule has 1 unspecified atom stereocenters. The van der Waals surface area contributed by atoms with E-state index in [2.05, 4.69) is 15.5 Å². The van der Waals surface area contributed by atoms with Gasteiger partial charge in [-0.05, 0) is 19.4 Å². The monoisotopic (exact) mass is 631 g/mol. The van der Waals surface area contributed by atoms with Gasteiger partial charge in [-0.3, -0.25) is 14.5 Å². The van der Waals surface area contributed by atoms with Crippen LogP contribution < -0.4 is 45.7 Å². The van der Waals surface area contributed by atoms with Gasteiger partial charge in [0, 0.05) is 11.1 Å². The second-order valence-electron chi connectivity index (χ2n) is 8.41. The van der Waals surface area contributed by atoms with E-state index in [1.54, 1.807) is 19.9 Å². The molecule has 0 saturated carbocycles. The maximum absolute atomic E-state index is 13.2. The zero-order valence-electron chi connectivity index (χ0n) is 23.1. The number of nitrogens with two attached hydrogens (primary N) is 1. The number of thiazole rings is 1. The molecule has 0 spiro atoms. The molecule has 16 nitrogen and oxygen atoms in total. The van der Waals surface area contributed by atoms with Gasteiger partial charge in [0.15, 0.2) is 10.8 Å². The summed E-state index contributed by atoms with van der Waals surface area (Å²) < 4.78 is 10.2. The van der Waals surface area contributed by atoms with Crippen LogP contribution in [0, 0.1) is 0 Å². The van der Waals surface area contributed by atoms with Crippen LogP contribution in [0.3, 0.4) is 0 Å². The fourth-order valence-electron chi connectivity index (χ4n) is 4.40. The predicted molar refractivity (Wildman–Crippen MR) is 143 cm³/mol. The molecule has 4 rings (SSSR count). The summed E-state index contributed by atoms with van der Waals surface area (Å²) in [5, 5.41) is 21.5. The van der Waals surface area contributed by atoms with Crippen molar-refractivity contribution in [3.63, 3.8) is 0 Å². The molecule has 4 amide bonds. The van der Waals surface area contributed by atoms with Crippen LogP contribution in [0.2, 0.25) is 0 Å². The Bertz CT molecular complexity index is 1350. The number of thioether (sulfide) groups is 1. The summed E-state index contributed by atoms with van der Waals surface area (Å²) in [6.45, 7) is 3.16. The molecule has 0 radical (unpaired) electrons. The first kappa shape index (κ1) is 33.2. The first-order chi connectivity index (χ1) is 19.6. The largest absolute Gasteiger partial charge is 1.00 e. The Morgan fingerprint density at radius 1 is 1.21 bits per heavy atom. The van der Waals surface area contributed by atoms with E-state index in [4.69, 9.17) is 20.0 Å². The van der Waals surface area contributed by atoms with Crippen molar-refractivity contribution < 1.29 is 72.9 Å². The minimum absolute atomic E-state index is 0. The average Bonchev–Trinajstić information content (AvgIpc) is 3.38. The van der Waals surface area contributed by atoms with Gasteiger partial charge in [-0.2, -0.15) is 0 Å². The van der Waals surface area contributed by atoms with Gasteiger partial charge < -0.3 is 35.3 Å². The van der Waals surface area contributed by atoms with E-state index in [1.807, 2.05) is 0 Å².